The second kappa shape index (κ2) is 9.52. The monoisotopic (exact) mass is 423 g/mol. The highest BCUT2D eigenvalue weighted by Gasteiger charge is 2.20. The molecule has 152 valence electrons. The highest BCUT2D eigenvalue weighted by atomic mass is 35.5. The summed E-state index contributed by atoms with van der Waals surface area (Å²) in [5.41, 5.74) is 2.58. The number of likely N-dealkylation sites (N-methyl/N-ethyl adjacent to an activating group) is 1. The van der Waals surface area contributed by atoms with E-state index in [-0.39, 0.29) is 27.4 Å². The number of amides is 1. The minimum atomic E-state index is -3.75. The first-order chi connectivity index (χ1) is 13.2. The number of hydrogen-bond donors (Lipinski definition) is 2. The zero-order chi connectivity index (χ0) is 20.9. The van der Waals surface area contributed by atoms with Crippen molar-refractivity contribution in [2.75, 3.05) is 27.7 Å². The van der Waals surface area contributed by atoms with E-state index in [4.69, 9.17) is 11.6 Å². The Hall–Kier alpha value is -1.93. The van der Waals surface area contributed by atoms with Gasteiger partial charge in [-0.2, -0.15) is 0 Å². The van der Waals surface area contributed by atoms with Gasteiger partial charge in [-0.15, -0.1) is 0 Å². The van der Waals surface area contributed by atoms with Gasteiger partial charge in [0.2, 0.25) is 10.0 Å². The van der Waals surface area contributed by atoms with Gasteiger partial charge in [0.15, 0.2) is 0 Å². The number of halogens is 1. The standard InChI is InChI=1S/C20H26ClN3O3S/c1-5-14-6-8-15(9-7-14)18(24(3)4)13-23-20(25)16-10-11-17(21)19(12-16)28(26,27)22-2/h6-12,18,22H,5,13H2,1-4H3,(H,23,25)/t18-/m1/s1. The number of carbonyl (C=O) groups excluding carboxylic acids is 1. The largest absolute Gasteiger partial charge is 0.350 e. The molecule has 8 heteroatoms. The van der Waals surface area contributed by atoms with Crippen LogP contribution in [-0.2, 0) is 16.4 Å². The molecule has 0 fully saturated rings. The van der Waals surface area contributed by atoms with Gasteiger partial charge in [-0.1, -0.05) is 42.8 Å². The summed E-state index contributed by atoms with van der Waals surface area (Å²) >= 11 is 5.98. The van der Waals surface area contributed by atoms with Crippen LogP contribution in [0.25, 0.3) is 0 Å². The quantitative estimate of drug-likeness (QED) is 0.684. The molecule has 2 rings (SSSR count). The van der Waals surface area contributed by atoms with Crippen molar-refractivity contribution in [3.05, 3.63) is 64.2 Å². The van der Waals surface area contributed by atoms with Crippen LogP contribution in [0.3, 0.4) is 0 Å². The van der Waals surface area contributed by atoms with Crippen molar-refractivity contribution < 1.29 is 13.2 Å². The Morgan fingerprint density at radius 3 is 2.32 bits per heavy atom. The molecule has 0 saturated carbocycles. The number of nitrogens with one attached hydrogen (secondary N) is 2. The van der Waals surface area contributed by atoms with Gasteiger partial charge < -0.3 is 10.2 Å². The van der Waals surface area contributed by atoms with Gasteiger partial charge in [0, 0.05) is 12.1 Å². The number of benzene rings is 2. The number of rotatable bonds is 8. The molecule has 28 heavy (non-hydrogen) atoms. The fraction of sp³-hybridized carbons (Fsp3) is 0.350. The van der Waals surface area contributed by atoms with E-state index in [9.17, 15) is 13.2 Å². The Morgan fingerprint density at radius 2 is 1.79 bits per heavy atom. The summed E-state index contributed by atoms with van der Waals surface area (Å²) in [6, 6.07) is 12.5. The first kappa shape index (κ1) is 22.4. The molecule has 1 atom stereocenters. The molecule has 0 aromatic heterocycles. The lowest BCUT2D eigenvalue weighted by molar-refractivity contribution is 0.0941. The SMILES string of the molecule is CCc1ccc([C@@H](CNC(=O)c2ccc(Cl)c(S(=O)(=O)NC)c2)N(C)C)cc1. The minimum Gasteiger partial charge on any atom is -0.350 e. The van der Waals surface area contributed by atoms with Gasteiger partial charge in [0.25, 0.3) is 5.91 Å². The fourth-order valence-electron chi connectivity index (χ4n) is 2.83. The molecule has 6 nitrogen and oxygen atoms in total. The van der Waals surface area contributed by atoms with Crippen LogP contribution < -0.4 is 10.0 Å². The summed E-state index contributed by atoms with van der Waals surface area (Å²) in [6.45, 7) is 2.49. The van der Waals surface area contributed by atoms with Crippen molar-refractivity contribution >= 4 is 27.5 Å². The molecule has 0 saturated heterocycles. The zero-order valence-electron chi connectivity index (χ0n) is 16.5. The lowest BCUT2D eigenvalue weighted by Gasteiger charge is -2.25. The maximum absolute atomic E-state index is 12.6. The van der Waals surface area contributed by atoms with Crippen LogP contribution in [0.4, 0.5) is 0 Å². The van der Waals surface area contributed by atoms with E-state index in [1.54, 1.807) is 0 Å². The molecule has 0 spiro atoms. The van der Waals surface area contributed by atoms with Crippen LogP contribution in [0.15, 0.2) is 47.4 Å². The summed E-state index contributed by atoms with van der Waals surface area (Å²) in [5, 5.41) is 2.95. The molecule has 0 heterocycles. The number of aryl methyl sites for hydroxylation is 1. The number of sulfonamides is 1. The van der Waals surface area contributed by atoms with Crippen molar-refractivity contribution in [1.29, 1.82) is 0 Å². The zero-order valence-corrected chi connectivity index (χ0v) is 18.1. The van der Waals surface area contributed by atoms with E-state index in [0.717, 1.165) is 12.0 Å². The summed E-state index contributed by atoms with van der Waals surface area (Å²) in [7, 11) is 1.44. The third kappa shape index (κ3) is 5.32. The van der Waals surface area contributed by atoms with Crippen molar-refractivity contribution in [2.24, 2.45) is 0 Å². The fourth-order valence-corrected chi connectivity index (χ4v) is 4.08. The van der Waals surface area contributed by atoms with Crippen molar-refractivity contribution in [3.8, 4) is 0 Å². The molecule has 0 aliphatic carbocycles. The smallest absolute Gasteiger partial charge is 0.251 e. The molecular formula is C20H26ClN3O3S. The third-order valence-electron chi connectivity index (χ3n) is 4.60. The normalized spacial score (nSPS) is 12.8. The Balaban J connectivity index is 2.18. The van der Waals surface area contributed by atoms with Gasteiger partial charge in [-0.05, 0) is 56.9 Å². The van der Waals surface area contributed by atoms with Gasteiger partial charge in [-0.25, -0.2) is 13.1 Å². The molecule has 2 aromatic rings. The Kier molecular flexibility index (Phi) is 7.60. The van der Waals surface area contributed by atoms with Gasteiger partial charge in [0.05, 0.1) is 11.1 Å². The maximum atomic E-state index is 12.6. The number of nitrogens with zero attached hydrogens (tertiary/aromatic N) is 1. The lowest BCUT2D eigenvalue weighted by atomic mass is 10.0. The van der Waals surface area contributed by atoms with E-state index in [1.807, 2.05) is 19.0 Å². The van der Waals surface area contributed by atoms with Crippen molar-refractivity contribution in [1.82, 2.24) is 14.9 Å². The average Bonchev–Trinajstić information content (AvgIpc) is 2.68. The number of hydrogen-bond acceptors (Lipinski definition) is 4. The predicted molar refractivity (Wildman–Crippen MR) is 112 cm³/mol. The first-order valence-corrected chi connectivity index (χ1v) is 10.8. The molecule has 0 aliphatic rings. The molecule has 0 bridgehead atoms. The Bertz CT molecular complexity index is 928. The minimum absolute atomic E-state index is 0.0114. The lowest BCUT2D eigenvalue weighted by Crippen LogP contribution is -2.34. The second-order valence-corrected chi connectivity index (χ2v) is 8.90. The second-order valence-electron chi connectivity index (χ2n) is 6.64. The summed E-state index contributed by atoms with van der Waals surface area (Å²) < 4.78 is 26.3. The van der Waals surface area contributed by atoms with Crippen LogP contribution in [0, 0.1) is 0 Å². The van der Waals surface area contributed by atoms with Crippen molar-refractivity contribution in [3.63, 3.8) is 0 Å². The highest BCUT2D eigenvalue weighted by molar-refractivity contribution is 7.89. The molecule has 2 N–H and O–H groups in total. The number of carbonyl (C=O) groups is 1. The molecule has 0 radical (unpaired) electrons. The highest BCUT2D eigenvalue weighted by Crippen LogP contribution is 2.23. The average molecular weight is 424 g/mol. The van der Waals surface area contributed by atoms with Gasteiger partial charge in [-0.3, -0.25) is 4.79 Å². The van der Waals surface area contributed by atoms with E-state index < -0.39 is 10.0 Å². The molecular weight excluding hydrogens is 398 g/mol. The molecule has 0 aliphatic heterocycles. The topological polar surface area (TPSA) is 78.5 Å². The molecule has 2 aromatic carbocycles. The van der Waals surface area contributed by atoms with E-state index in [0.29, 0.717) is 6.54 Å². The first-order valence-electron chi connectivity index (χ1n) is 8.96. The van der Waals surface area contributed by atoms with Crippen LogP contribution in [0.1, 0.15) is 34.5 Å². The Labute approximate surface area is 171 Å². The summed E-state index contributed by atoms with van der Waals surface area (Å²) in [6.07, 6.45) is 0.970. The molecule has 1 amide bonds. The summed E-state index contributed by atoms with van der Waals surface area (Å²) in [5.74, 6) is -0.360. The van der Waals surface area contributed by atoms with E-state index in [2.05, 4.69) is 41.2 Å². The Morgan fingerprint density at radius 1 is 1.14 bits per heavy atom. The molecule has 0 unspecified atom stereocenters. The predicted octanol–water partition coefficient (Wildman–Crippen LogP) is 2.84. The van der Waals surface area contributed by atoms with E-state index in [1.165, 1.54) is 30.8 Å². The van der Waals surface area contributed by atoms with Gasteiger partial charge >= 0.3 is 0 Å². The van der Waals surface area contributed by atoms with Gasteiger partial charge in [0.1, 0.15) is 4.90 Å². The van der Waals surface area contributed by atoms with Crippen LogP contribution >= 0.6 is 11.6 Å². The maximum Gasteiger partial charge on any atom is 0.251 e. The summed E-state index contributed by atoms with van der Waals surface area (Å²) in [4.78, 5) is 14.5. The van der Waals surface area contributed by atoms with Crippen LogP contribution in [-0.4, -0.2) is 46.9 Å². The van der Waals surface area contributed by atoms with E-state index >= 15 is 0 Å². The third-order valence-corrected chi connectivity index (χ3v) is 6.50. The van der Waals surface area contributed by atoms with Crippen molar-refractivity contribution in [2.45, 2.75) is 24.3 Å². The van der Waals surface area contributed by atoms with Crippen LogP contribution in [0.5, 0.6) is 0 Å². The van der Waals surface area contributed by atoms with Crippen LogP contribution in [0.2, 0.25) is 5.02 Å².